The highest BCUT2D eigenvalue weighted by atomic mass is 35.5. The molecule has 0 heterocycles. The average Bonchev–Trinajstić information content (AvgIpc) is 2.31. The summed E-state index contributed by atoms with van der Waals surface area (Å²) in [6, 6.07) is 3.01. The molecule has 0 saturated carbocycles. The Kier molecular flexibility index (Phi) is 4.90. The maximum absolute atomic E-state index is 11.2. The number of hydrogen-bond donors (Lipinski definition) is 0. The third-order valence-electron chi connectivity index (χ3n) is 2.04. The second-order valence-electron chi connectivity index (χ2n) is 3.20. The van der Waals surface area contributed by atoms with Crippen molar-refractivity contribution in [3.05, 3.63) is 22.2 Å². The zero-order chi connectivity index (χ0) is 13.0. The number of halogens is 2. The molecule has 1 unspecified atom stereocenters. The second kappa shape index (κ2) is 5.98. The predicted octanol–water partition coefficient (Wildman–Crippen LogP) is 2.94. The van der Waals surface area contributed by atoms with Gasteiger partial charge in [-0.3, -0.25) is 0 Å². The van der Waals surface area contributed by atoms with E-state index in [1.54, 1.807) is 6.92 Å². The molecular formula is C11H12Cl2O4. The lowest BCUT2D eigenvalue weighted by Crippen LogP contribution is -2.25. The second-order valence-corrected chi connectivity index (χ2v) is 4.01. The smallest absolute Gasteiger partial charge is 0.346 e. The molecule has 0 bridgehead atoms. The zero-order valence-corrected chi connectivity index (χ0v) is 11.1. The first-order valence-electron chi connectivity index (χ1n) is 4.77. The Balaban J connectivity index is 2.94. The van der Waals surface area contributed by atoms with Gasteiger partial charge in [-0.15, -0.1) is 0 Å². The fourth-order valence-electron chi connectivity index (χ4n) is 1.16. The molecule has 0 saturated heterocycles. The van der Waals surface area contributed by atoms with Gasteiger partial charge < -0.3 is 14.2 Å². The topological polar surface area (TPSA) is 44.8 Å². The molecule has 0 aliphatic rings. The molecule has 0 N–H and O–H groups in total. The van der Waals surface area contributed by atoms with Crippen molar-refractivity contribution < 1.29 is 19.0 Å². The third kappa shape index (κ3) is 3.41. The molecule has 0 radical (unpaired) electrons. The lowest BCUT2D eigenvalue weighted by molar-refractivity contribution is -0.147. The van der Waals surface area contributed by atoms with Gasteiger partial charge in [-0.2, -0.15) is 0 Å². The summed E-state index contributed by atoms with van der Waals surface area (Å²) in [5.41, 5.74) is 0. The lowest BCUT2D eigenvalue weighted by atomic mass is 10.3. The lowest BCUT2D eigenvalue weighted by Gasteiger charge is -2.15. The molecule has 0 aliphatic heterocycles. The summed E-state index contributed by atoms with van der Waals surface area (Å²) < 4.78 is 14.9. The first-order valence-corrected chi connectivity index (χ1v) is 5.52. The largest absolute Gasteiger partial charge is 0.495 e. The Labute approximate surface area is 109 Å². The minimum atomic E-state index is -0.761. The van der Waals surface area contributed by atoms with Crippen LogP contribution in [0.2, 0.25) is 10.0 Å². The summed E-state index contributed by atoms with van der Waals surface area (Å²) in [5, 5.41) is 0.669. The number of benzene rings is 1. The van der Waals surface area contributed by atoms with Gasteiger partial charge in [0.15, 0.2) is 6.10 Å². The van der Waals surface area contributed by atoms with Crippen LogP contribution in [0.3, 0.4) is 0 Å². The average molecular weight is 279 g/mol. The number of carbonyl (C=O) groups is 1. The van der Waals surface area contributed by atoms with Crippen molar-refractivity contribution in [3.63, 3.8) is 0 Å². The number of rotatable bonds is 4. The fourth-order valence-corrected chi connectivity index (χ4v) is 1.67. The SMILES string of the molecule is COC(=O)C(C)Oc1cc(OC)c(Cl)cc1Cl. The molecular weight excluding hydrogens is 267 g/mol. The van der Waals surface area contributed by atoms with Gasteiger partial charge in [0.25, 0.3) is 0 Å². The fraction of sp³-hybridized carbons (Fsp3) is 0.364. The Morgan fingerprint density at radius 1 is 1.18 bits per heavy atom. The molecule has 17 heavy (non-hydrogen) atoms. The van der Waals surface area contributed by atoms with E-state index in [2.05, 4.69) is 4.74 Å². The Morgan fingerprint density at radius 2 is 1.76 bits per heavy atom. The maximum atomic E-state index is 11.2. The molecule has 0 aliphatic carbocycles. The molecule has 0 spiro atoms. The van der Waals surface area contributed by atoms with Crippen molar-refractivity contribution in [1.82, 2.24) is 0 Å². The van der Waals surface area contributed by atoms with Gasteiger partial charge >= 0.3 is 5.97 Å². The molecule has 1 aromatic carbocycles. The summed E-state index contributed by atoms with van der Waals surface area (Å²) in [6.07, 6.45) is -0.761. The van der Waals surface area contributed by atoms with Gasteiger partial charge in [-0.05, 0) is 13.0 Å². The Morgan fingerprint density at radius 3 is 2.29 bits per heavy atom. The molecule has 0 amide bonds. The van der Waals surface area contributed by atoms with Crippen molar-refractivity contribution in [2.75, 3.05) is 14.2 Å². The van der Waals surface area contributed by atoms with E-state index in [4.69, 9.17) is 32.7 Å². The monoisotopic (exact) mass is 278 g/mol. The minimum absolute atomic E-state index is 0.298. The van der Waals surface area contributed by atoms with Crippen LogP contribution >= 0.6 is 23.2 Å². The van der Waals surface area contributed by atoms with Gasteiger partial charge in [0, 0.05) is 6.07 Å². The molecule has 1 aromatic rings. The zero-order valence-electron chi connectivity index (χ0n) is 9.62. The summed E-state index contributed by atoms with van der Waals surface area (Å²) in [5.74, 6) is 0.240. The van der Waals surface area contributed by atoms with Gasteiger partial charge in [0.1, 0.15) is 11.5 Å². The Hall–Kier alpha value is -1.13. The highest BCUT2D eigenvalue weighted by Gasteiger charge is 2.17. The minimum Gasteiger partial charge on any atom is -0.495 e. The highest BCUT2D eigenvalue weighted by molar-refractivity contribution is 6.36. The number of carbonyl (C=O) groups excluding carboxylic acids is 1. The van der Waals surface area contributed by atoms with Gasteiger partial charge in [0.2, 0.25) is 0 Å². The first-order chi connectivity index (χ1) is 7.99. The number of hydrogen-bond acceptors (Lipinski definition) is 4. The van der Waals surface area contributed by atoms with Crippen LogP contribution in [-0.2, 0) is 9.53 Å². The summed E-state index contributed by atoms with van der Waals surface area (Å²) in [4.78, 5) is 11.2. The van der Waals surface area contributed by atoms with E-state index >= 15 is 0 Å². The van der Waals surface area contributed by atoms with E-state index in [-0.39, 0.29) is 0 Å². The molecule has 1 atom stereocenters. The maximum Gasteiger partial charge on any atom is 0.346 e. The van der Waals surface area contributed by atoms with Crippen molar-refractivity contribution in [2.24, 2.45) is 0 Å². The van der Waals surface area contributed by atoms with Crippen LogP contribution in [-0.4, -0.2) is 26.3 Å². The van der Waals surface area contributed by atoms with Crippen LogP contribution in [0.5, 0.6) is 11.5 Å². The van der Waals surface area contributed by atoms with Crippen LogP contribution in [0.15, 0.2) is 12.1 Å². The van der Waals surface area contributed by atoms with Crippen molar-refractivity contribution in [1.29, 1.82) is 0 Å². The number of esters is 1. The van der Waals surface area contributed by atoms with E-state index < -0.39 is 12.1 Å². The van der Waals surface area contributed by atoms with E-state index in [1.165, 1.54) is 26.4 Å². The number of ether oxygens (including phenoxy) is 3. The normalized spacial score (nSPS) is 11.8. The molecule has 1 rings (SSSR count). The summed E-state index contributed by atoms with van der Waals surface area (Å²) >= 11 is 11.8. The van der Waals surface area contributed by atoms with Crippen LogP contribution in [0.1, 0.15) is 6.92 Å². The van der Waals surface area contributed by atoms with Crippen LogP contribution < -0.4 is 9.47 Å². The summed E-state index contributed by atoms with van der Waals surface area (Å²) in [7, 11) is 2.76. The Bertz CT molecular complexity index is 420. The molecule has 4 nitrogen and oxygen atoms in total. The molecule has 6 heteroatoms. The van der Waals surface area contributed by atoms with E-state index in [0.717, 1.165) is 0 Å². The van der Waals surface area contributed by atoms with Crippen LogP contribution in [0, 0.1) is 0 Å². The first kappa shape index (κ1) is 13.9. The van der Waals surface area contributed by atoms with Crippen LogP contribution in [0.25, 0.3) is 0 Å². The van der Waals surface area contributed by atoms with Crippen molar-refractivity contribution in [3.8, 4) is 11.5 Å². The molecule has 0 aromatic heterocycles. The van der Waals surface area contributed by atoms with Gasteiger partial charge in [-0.25, -0.2) is 4.79 Å². The third-order valence-corrected chi connectivity index (χ3v) is 2.63. The van der Waals surface area contributed by atoms with E-state index in [9.17, 15) is 4.79 Å². The predicted molar refractivity (Wildman–Crippen MR) is 65.1 cm³/mol. The summed E-state index contributed by atoms with van der Waals surface area (Å²) in [6.45, 7) is 1.56. The van der Waals surface area contributed by atoms with Crippen LogP contribution in [0.4, 0.5) is 0 Å². The van der Waals surface area contributed by atoms with E-state index in [1.807, 2.05) is 0 Å². The molecule has 94 valence electrons. The van der Waals surface area contributed by atoms with E-state index in [0.29, 0.717) is 21.5 Å². The molecule has 0 fully saturated rings. The quantitative estimate of drug-likeness (QED) is 0.795. The highest BCUT2D eigenvalue weighted by Crippen LogP contribution is 2.36. The number of methoxy groups -OCH3 is 2. The van der Waals surface area contributed by atoms with Crippen molar-refractivity contribution in [2.45, 2.75) is 13.0 Å². The van der Waals surface area contributed by atoms with Gasteiger partial charge in [-0.1, -0.05) is 23.2 Å². The van der Waals surface area contributed by atoms with Crippen molar-refractivity contribution >= 4 is 29.2 Å². The van der Waals surface area contributed by atoms with Gasteiger partial charge in [0.05, 0.1) is 24.3 Å². The standard InChI is InChI=1S/C11H12Cl2O4/c1-6(11(14)16-3)17-10-5-9(15-2)7(12)4-8(10)13/h4-6H,1-3H3.